The maximum absolute atomic E-state index is 14.2. The normalized spacial score (nSPS) is 17.6. The summed E-state index contributed by atoms with van der Waals surface area (Å²) in [6, 6.07) is 13.7. The van der Waals surface area contributed by atoms with Crippen LogP contribution in [0, 0.1) is 12.7 Å². The fraction of sp³-hybridized carbons (Fsp3) is 0.160. The summed E-state index contributed by atoms with van der Waals surface area (Å²) in [7, 11) is 1.54. The predicted molar refractivity (Wildman–Crippen MR) is 116 cm³/mol. The molecule has 1 unspecified atom stereocenters. The molecule has 0 saturated carbocycles. The standard InChI is InChI=1S/C25H21FN2O4/c1-15-3-4-18(13-20(15)26)23(29)21-22(17-5-7-19(32-2)8-6-17)28(25(31)24(21)30)14-16-9-11-27-12-10-16/h3-13,22,29H,14H2,1-2H3/b23-21+. The van der Waals surface area contributed by atoms with Gasteiger partial charge in [-0.25, -0.2) is 4.39 Å². The van der Waals surface area contributed by atoms with E-state index in [9.17, 15) is 19.1 Å². The van der Waals surface area contributed by atoms with Crippen molar-refractivity contribution < 1.29 is 23.8 Å². The molecule has 1 aliphatic rings. The number of amides is 1. The Kier molecular flexibility index (Phi) is 5.73. The molecular formula is C25H21FN2O4. The third kappa shape index (κ3) is 3.85. The van der Waals surface area contributed by atoms with Crippen LogP contribution in [0.15, 0.2) is 72.6 Å². The monoisotopic (exact) mass is 432 g/mol. The number of aliphatic hydroxyl groups excluding tert-OH is 1. The molecule has 4 rings (SSSR count). The fourth-order valence-corrected chi connectivity index (χ4v) is 3.76. The van der Waals surface area contributed by atoms with E-state index >= 15 is 0 Å². The summed E-state index contributed by atoms with van der Waals surface area (Å²) in [4.78, 5) is 31.4. The van der Waals surface area contributed by atoms with E-state index in [1.807, 2.05) is 0 Å². The van der Waals surface area contributed by atoms with Gasteiger partial charge in [0.2, 0.25) is 0 Å². The molecule has 0 aliphatic carbocycles. The van der Waals surface area contributed by atoms with Crippen LogP contribution >= 0.6 is 0 Å². The molecule has 1 atom stereocenters. The lowest BCUT2D eigenvalue weighted by Crippen LogP contribution is -2.29. The molecule has 32 heavy (non-hydrogen) atoms. The number of pyridine rings is 1. The number of aliphatic hydroxyl groups is 1. The molecule has 1 fully saturated rings. The number of hydrogen-bond acceptors (Lipinski definition) is 5. The van der Waals surface area contributed by atoms with Crippen molar-refractivity contribution in [1.82, 2.24) is 9.88 Å². The number of rotatable bonds is 5. The largest absolute Gasteiger partial charge is 0.507 e. The summed E-state index contributed by atoms with van der Waals surface area (Å²) >= 11 is 0. The lowest BCUT2D eigenvalue weighted by molar-refractivity contribution is -0.140. The fourth-order valence-electron chi connectivity index (χ4n) is 3.76. The Labute approximate surface area is 184 Å². The Balaban J connectivity index is 1.86. The first-order chi connectivity index (χ1) is 15.4. The van der Waals surface area contributed by atoms with Crippen molar-refractivity contribution in [3.05, 3.63) is 101 Å². The van der Waals surface area contributed by atoms with Gasteiger partial charge in [-0.15, -0.1) is 0 Å². The minimum absolute atomic E-state index is 0.0857. The summed E-state index contributed by atoms with van der Waals surface area (Å²) in [6.07, 6.45) is 3.20. The number of likely N-dealkylation sites (tertiary alicyclic amines) is 1. The third-order valence-corrected chi connectivity index (χ3v) is 5.52. The number of hydrogen-bond donors (Lipinski definition) is 1. The van der Waals surface area contributed by atoms with E-state index in [0.29, 0.717) is 16.9 Å². The van der Waals surface area contributed by atoms with Gasteiger partial charge in [0.25, 0.3) is 11.7 Å². The molecule has 1 saturated heterocycles. The number of carbonyl (C=O) groups excluding carboxylic acids is 2. The molecule has 3 aromatic rings. The summed E-state index contributed by atoms with van der Waals surface area (Å²) in [6.45, 7) is 1.74. The van der Waals surface area contributed by atoms with Crippen LogP contribution in [0.4, 0.5) is 4.39 Å². The molecule has 2 aromatic carbocycles. The Hall–Kier alpha value is -4.00. The summed E-state index contributed by atoms with van der Waals surface area (Å²) in [5.74, 6) is -1.88. The average molecular weight is 432 g/mol. The SMILES string of the molecule is COc1ccc(C2/C(=C(\O)c3ccc(C)c(F)c3)C(=O)C(=O)N2Cc2ccncc2)cc1. The van der Waals surface area contributed by atoms with Crippen molar-refractivity contribution in [1.29, 1.82) is 0 Å². The van der Waals surface area contributed by atoms with Crippen LogP contribution in [0.2, 0.25) is 0 Å². The van der Waals surface area contributed by atoms with E-state index < -0.39 is 29.3 Å². The molecule has 6 nitrogen and oxygen atoms in total. The number of carbonyl (C=O) groups is 2. The van der Waals surface area contributed by atoms with Gasteiger partial charge in [0.15, 0.2) is 0 Å². The zero-order valence-electron chi connectivity index (χ0n) is 17.6. The first-order valence-corrected chi connectivity index (χ1v) is 9.98. The van der Waals surface area contributed by atoms with E-state index in [4.69, 9.17) is 4.74 Å². The number of halogens is 1. The van der Waals surface area contributed by atoms with Crippen LogP contribution in [-0.4, -0.2) is 33.8 Å². The van der Waals surface area contributed by atoms with Crippen molar-refractivity contribution >= 4 is 17.4 Å². The summed E-state index contributed by atoms with van der Waals surface area (Å²) in [5, 5.41) is 11.0. The highest BCUT2D eigenvalue weighted by Gasteiger charge is 2.46. The van der Waals surface area contributed by atoms with Crippen molar-refractivity contribution in [2.75, 3.05) is 7.11 Å². The van der Waals surface area contributed by atoms with Crippen molar-refractivity contribution in [2.45, 2.75) is 19.5 Å². The highest BCUT2D eigenvalue weighted by Crippen LogP contribution is 2.40. The molecule has 0 spiro atoms. The van der Waals surface area contributed by atoms with Gasteiger partial charge in [-0.1, -0.05) is 24.3 Å². The molecule has 0 bridgehead atoms. The maximum Gasteiger partial charge on any atom is 0.295 e. The first-order valence-electron chi connectivity index (χ1n) is 9.98. The number of methoxy groups -OCH3 is 1. The second-order valence-electron chi connectivity index (χ2n) is 7.52. The van der Waals surface area contributed by atoms with Gasteiger partial charge in [0, 0.05) is 24.5 Å². The third-order valence-electron chi connectivity index (χ3n) is 5.52. The zero-order chi connectivity index (χ0) is 22.8. The van der Waals surface area contributed by atoms with Gasteiger partial charge >= 0.3 is 0 Å². The van der Waals surface area contributed by atoms with Crippen LogP contribution in [0.25, 0.3) is 5.76 Å². The molecule has 1 aliphatic heterocycles. The lowest BCUT2D eigenvalue weighted by atomic mass is 9.94. The second kappa shape index (κ2) is 8.63. The number of nitrogens with zero attached hydrogens (tertiary/aromatic N) is 2. The van der Waals surface area contributed by atoms with Crippen LogP contribution in [-0.2, 0) is 16.1 Å². The number of Topliss-reactive ketones (excluding diaryl/α,β-unsaturated/α-hetero) is 1. The lowest BCUT2D eigenvalue weighted by Gasteiger charge is -2.25. The van der Waals surface area contributed by atoms with Crippen molar-refractivity contribution in [3.63, 3.8) is 0 Å². The Morgan fingerprint density at radius 2 is 1.78 bits per heavy atom. The molecule has 1 N–H and O–H groups in total. The Bertz CT molecular complexity index is 1210. The molecule has 1 aromatic heterocycles. The topological polar surface area (TPSA) is 79.7 Å². The number of ketones is 1. The van der Waals surface area contributed by atoms with Crippen LogP contribution in [0.5, 0.6) is 5.75 Å². The highest BCUT2D eigenvalue weighted by atomic mass is 19.1. The van der Waals surface area contributed by atoms with Gasteiger partial charge in [-0.2, -0.15) is 0 Å². The average Bonchev–Trinajstić information content (AvgIpc) is 3.06. The van der Waals surface area contributed by atoms with E-state index in [1.54, 1.807) is 55.7 Å². The number of ether oxygens (including phenoxy) is 1. The quantitative estimate of drug-likeness (QED) is 0.372. The van der Waals surface area contributed by atoms with Gasteiger partial charge in [-0.05, 0) is 53.9 Å². The first kappa shape index (κ1) is 21.2. The minimum atomic E-state index is -0.849. The van der Waals surface area contributed by atoms with Crippen LogP contribution < -0.4 is 4.74 Å². The van der Waals surface area contributed by atoms with Gasteiger partial charge < -0.3 is 14.7 Å². The Morgan fingerprint density at radius 3 is 2.41 bits per heavy atom. The van der Waals surface area contributed by atoms with Gasteiger partial charge in [0.1, 0.15) is 17.3 Å². The predicted octanol–water partition coefficient (Wildman–Crippen LogP) is 4.16. The summed E-state index contributed by atoms with van der Waals surface area (Å²) in [5.41, 5.74) is 1.85. The van der Waals surface area contributed by atoms with E-state index in [2.05, 4.69) is 4.98 Å². The van der Waals surface area contributed by atoms with Crippen LogP contribution in [0.3, 0.4) is 0 Å². The number of aryl methyl sites for hydroxylation is 1. The molecule has 0 radical (unpaired) electrons. The molecular weight excluding hydrogens is 411 g/mol. The van der Waals surface area contributed by atoms with E-state index in [0.717, 1.165) is 11.6 Å². The number of aromatic nitrogens is 1. The zero-order valence-corrected chi connectivity index (χ0v) is 17.6. The van der Waals surface area contributed by atoms with Gasteiger partial charge in [-0.3, -0.25) is 14.6 Å². The number of benzene rings is 2. The minimum Gasteiger partial charge on any atom is -0.507 e. The molecule has 7 heteroatoms. The van der Waals surface area contributed by atoms with Gasteiger partial charge in [0.05, 0.1) is 18.7 Å². The Morgan fingerprint density at radius 1 is 1.09 bits per heavy atom. The second-order valence-corrected chi connectivity index (χ2v) is 7.52. The van der Waals surface area contributed by atoms with Crippen LogP contribution in [0.1, 0.15) is 28.3 Å². The smallest absolute Gasteiger partial charge is 0.295 e. The maximum atomic E-state index is 14.2. The van der Waals surface area contributed by atoms with E-state index in [1.165, 1.54) is 24.1 Å². The molecule has 1 amide bonds. The van der Waals surface area contributed by atoms with E-state index in [-0.39, 0.29) is 17.7 Å². The molecule has 162 valence electrons. The highest BCUT2D eigenvalue weighted by molar-refractivity contribution is 6.46. The van der Waals surface area contributed by atoms with Crippen molar-refractivity contribution in [2.24, 2.45) is 0 Å². The molecule has 2 heterocycles. The van der Waals surface area contributed by atoms with Crippen molar-refractivity contribution in [3.8, 4) is 5.75 Å². The summed E-state index contributed by atoms with van der Waals surface area (Å²) < 4.78 is 19.4.